The first-order valence-corrected chi connectivity index (χ1v) is 5.30. The Morgan fingerprint density at radius 1 is 1.67 bits per heavy atom. The van der Waals surface area contributed by atoms with E-state index < -0.39 is 15.6 Å². The van der Waals surface area contributed by atoms with E-state index in [0.717, 1.165) is 11.3 Å². The summed E-state index contributed by atoms with van der Waals surface area (Å²) in [6.45, 7) is 1.67. The van der Waals surface area contributed by atoms with Gasteiger partial charge in [-0.05, 0) is 6.92 Å². The third-order valence-electron chi connectivity index (χ3n) is 1.16. The molecule has 0 aliphatic heterocycles. The standard InChI is InChI=1S/C5H7NO4S2/c1-3-6-2-4(11-3)5(7)12(8,9)10/h2,5,7H,1H3,(H,8,9,10). The fraction of sp³-hybridized carbons (Fsp3) is 0.400. The highest BCUT2D eigenvalue weighted by Crippen LogP contribution is 2.23. The molecular formula is C5H7NO4S2. The molecule has 1 aromatic rings. The van der Waals surface area contributed by atoms with Crippen LogP contribution in [-0.4, -0.2) is 23.1 Å². The molecule has 0 aromatic carbocycles. The van der Waals surface area contributed by atoms with Gasteiger partial charge in [0, 0.05) is 6.20 Å². The van der Waals surface area contributed by atoms with Gasteiger partial charge in [0.25, 0.3) is 10.1 Å². The molecule has 0 saturated carbocycles. The second-order valence-electron chi connectivity index (χ2n) is 2.15. The van der Waals surface area contributed by atoms with Crippen LogP contribution in [0.4, 0.5) is 0 Å². The topological polar surface area (TPSA) is 87.5 Å². The van der Waals surface area contributed by atoms with Gasteiger partial charge in [-0.2, -0.15) is 8.42 Å². The van der Waals surface area contributed by atoms with Crippen molar-refractivity contribution in [1.82, 2.24) is 4.98 Å². The van der Waals surface area contributed by atoms with Crippen molar-refractivity contribution < 1.29 is 18.1 Å². The SMILES string of the molecule is Cc1ncc(C(O)S(=O)(=O)O)s1. The molecule has 0 radical (unpaired) electrons. The lowest BCUT2D eigenvalue weighted by molar-refractivity contribution is 0.241. The Hall–Kier alpha value is -0.500. The summed E-state index contributed by atoms with van der Waals surface area (Å²) < 4.78 is 29.3. The van der Waals surface area contributed by atoms with E-state index >= 15 is 0 Å². The van der Waals surface area contributed by atoms with E-state index in [-0.39, 0.29) is 4.88 Å². The molecule has 1 aromatic heterocycles. The van der Waals surface area contributed by atoms with Crippen LogP contribution in [-0.2, 0) is 10.1 Å². The first-order chi connectivity index (χ1) is 5.41. The van der Waals surface area contributed by atoms with Crippen LogP contribution in [0.15, 0.2) is 6.20 Å². The Kier molecular flexibility index (Phi) is 2.47. The summed E-state index contributed by atoms with van der Waals surface area (Å²) in [5.74, 6) is 0. The molecule has 12 heavy (non-hydrogen) atoms. The van der Waals surface area contributed by atoms with Crippen molar-refractivity contribution in [2.75, 3.05) is 0 Å². The molecule has 1 rings (SSSR count). The van der Waals surface area contributed by atoms with E-state index in [1.807, 2.05) is 0 Å². The average Bonchev–Trinajstić information content (AvgIpc) is 2.32. The number of thiazole rings is 1. The third-order valence-corrected chi connectivity index (χ3v) is 3.10. The molecule has 68 valence electrons. The molecule has 0 spiro atoms. The fourth-order valence-electron chi connectivity index (χ4n) is 0.639. The van der Waals surface area contributed by atoms with Gasteiger partial charge in [0.15, 0.2) is 0 Å². The summed E-state index contributed by atoms with van der Waals surface area (Å²) in [5, 5.41) is 9.63. The summed E-state index contributed by atoms with van der Waals surface area (Å²) in [6, 6.07) is 0. The lowest BCUT2D eigenvalue weighted by atomic mass is 10.6. The van der Waals surface area contributed by atoms with Crippen LogP contribution in [0.2, 0.25) is 0 Å². The van der Waals surface area contributed by atoms with E-state index in [9.17, 15) is 8.42 Å². The van der Waals surface area contributed by atoms with Gasteiger partial charge in [-0.3, -0.25) is 4.55 Å². The number of aliphatic hydroxyl groups is 1. The van der Waals surface area contributed by atoms with Crippen molar-refractivity contribution >= 4 is 21.5 Å². The lowest BCUT2D eigenvalue weighted by Gasteiger charge is -2.01. The summed E-state index contributed by atoms with van der Waals surface area (Å²) >= 11 is 1.02. The molecule has 0 saturated heterocycles. The molecule has 1 unspecified atom stereocenters. The normalized spacial score (nSPS) is 14.6. The van der Waals surface area contributed by atoms with Gasteiger partial charge < -0.3 is 5.11 Å². The zero-order valence-corrected chi connectivity index (χ0v) is 7.76. The minimum atomic E-state index is -4.42. The molecule has 0 amide bonds. The first kappa shape index (κ1) is 9.59. The predicted octanol–water partition coefficient (Wildman–Crippen LogP) is 0.330. The highest BCUT2D eigenvalue weighted by molar-refractivity contribution is 7.86. The van der Waals surface area contributed by atoms with Crippen LogP contribution < -0.4 is 0 Å². The quantitative estimate of drug-likeness (QED) is 0.685. The summed E-state index contributed by atoms with van der Waals surface area (Å²) in [6.07, 6.45) is 1.22. The summed E-state index contributed by atoms with van der Waals surface area (Å²) in [7, 11) is -4.42. The summed E-state index contributed by atoms with van der Waals surface area (Å²) in [4.78, 5) is 3.85. The van der Waals surface area contributed by atoms with Gasteiger partial charge in [0.2, 0.25) is 5.44 Å². The predicted molar refractivity (Wildman–Crippen MR) is 43.4 cm³/mol. The number of aliphatic hydroxyl groups excluding tert-OH is 1. The van der Waals surface area contributed by atoms with Crippen molar-refractivity contribution in [2.24, 2.45) is 0 Å². The maximum Gasteiger partial charge on any atom is 0.297 e. The fourth-order valence-corrected chi connectivity index (χ4v) is 2.16. The van der Waals surface area contributed by atoms with E-state index in [4.69, 9.17) is 9.66 Å². The van der Waals surface area contributed by atoms with Crippen LogP contribution in [0, 0.1) is 6.92 Å². The Morgan fingerprint density at radius 3 is 2.58 bits per heavy atom. The van der Waals surface area contributed by atoms with Gasteiger partial charge in [-0.15, -0.1) is 11.3 Å². The Bertz CT molecular complexity index is 369. The Labute approximate surface area is 73.4 Å². The van der Waals surface area contributed by atoms with Crippen molar-refractivity contribution in [3.63, 3.8) is 0 Å². The van der Waals surface area contributed by atoms with Crippen LogP contribution >= 0.6 is 11.3 Å². The maximum atomic E-state index is 10.4. The van der Waals surface area contributed by atoms with Crippen molar-refractivity contribution in [2.45, 2.75) is 12.4 Å². The van der Waals surface area contributed by atoms with E-state index in [1.54, 1.807) is 6.92 Å². The van der Waals surface area contributed by atoms with Crippen molar-refractivity contribution in [3.8, 4) is 0 Å². The van der Waals surface area contributed by atoms with E-state index in [0.29, 0.717) is 5.01 Å². The molecule has 1 atom stereocenters. The smallest absolute Gasteiger partial charge is 0.297 e. The largest absolute Gasteiger partial charge is 0.371 e. The van der Waals surface area contributed by atoms with Crippen molar-refractivity contribution in [1.29, 1.82) is 0 Å². The molecular weight excluding hydrogens is 202 g/mol. The average molecular weight is 209 g/mol. The van der Waals surface area contributed by atoms with Crippen LogP contribution in [0.5, 0.6) is 0 Å². The maximum absolute atomic E-state index is 10.4. The molecule has 2 N–H and O–H groups in total. The van der Waals surface area contributed by atoms with Gasteiger partial charge in [0.05, 0.1) is 9.88 Å². The van der Waals surface area contributed by atoms with Gasteiger partial charge in [-0.1, -0.05) is 0 Å². The number of hydrogen-bond acceptors (Lipinski definition) is 5. The molecule has 0 aliphatic rings. The molecule has 0 fully saturated rings. The number of hydrogen-bond donors (Lipinski definition) is 2. The Morgan fingerprint density at radius 2 is 2.25 bits per heavy atom. The number of rotatable bonds is 2. The Balaban J connectivity index is 3.01. The van der Waals surface area contributed by atoms with E-state index in [1.165, 1.54) is 6.20 Å². The zero-order chi connectivity index (χ0) is 9.35. The number of aromatic nitrogens is 1. The third kappa shape index (κ3) is 2.01. The lowest BCUT2D eigenvalue weighted by Crippen LogP contribution is -2.09. The molecule has 7 heteroatoms. The van der Waals surface area contributed by atoms with Crippen LogP contribution in [0.25, 0.3) is 0 Å². The first-order valence-electron chi connectivity index (χ1n) is 2.98. The van der Waals surface area contributed by atoms with Gasteiger partial charge in [0.1, 0.15) is 0 Å². The highest BCUT2D eigenvalue weighted by Gasteiger charge is 2.23. The highest BCUT2D eigenvalue weighted by atomic mass is 32.2. The number of nitrogens with zero attached hydrogens (tertiary/aromatic N) is 1. The second-order valence-corrected chi connectivity index (χ2v) is 4.89. The minimum absolute atomic E-state index is 0.120. The van der Waals surface area contributed by atoms with Crippen LogP contribution in [0.3, 0.4) is 0 Å². The number of aryl methyl sites for hydroxylation is 1. The second kappa shape index (κ2) is 3.09. The monoisotopic (exact) mass is 209 g/mol. The summed E-state index contributed by atoms with van der Waals surface area (Å²) in [5.41, 5.74) is -1.87. The van der Waals surface area contributed by atoms with E-state index in [2.05, 4.69) is 4.98 Å². The molecule has 0 bridgehead atoms. The molecule has 1 heterocycles. The van der Waals surface area contributed by atoms with Gasteiger partial charge >= 0.3 is 0 Å². The zero-order valence-electron chi connectivity index (χ0n) is 6.13. The molecule has 0 aliphatic carbocycles. The molecule has 5 nitrogen and oxygen atoms in total. The minimum Gasteiger partial charge on any atom is -0.371 e. The van der Waals surface area contributed by atoms with Crippen LogP contribution in [0.1, 0.15) is 15.3 Å². The van der Waals surface area contributed by atoms with Crippen molar-refractivity contribution in [3.05, 3.63) is 16.1 Å². The van der Waals surface area contributed by atoms with Gasteiger partial charge in [-0.25, -0.2) is 4.98 Å².